The number of hydrogen-bond acceptors (Lipinski definition) is 5. The van der Waals surface area contributed by atoms with Crippen LogP contribution < -0.4 is 5.73 Å². The van der Waals surface area contributed by atoms with Crippen LogP contribution in [-0.4, -0.2) is 43.6 Å². The zero-order valence-electron chi connectivity index (χ0n) is 17.4. The quantitative estimate of drug-likeness (QED) is 0.710. The lowest BCUT2D eigenvalue weighted by Gasteiger charge is -2.45. The molecule has 1 heterocycles. The summed E-state index contributed by atoms with van der Waals surface area (Å²) in [5.74, 6) is 1.27. The van der Waals surface area contributed by atoms with Crippen LogP contribution in [0.3, 0.4) is 0 Å². The highest BCUT2D eigenvalue weighted by Gasteiger charge is 2.42. The van der Waals surface area contributed by atoms with Gasteiger partial charge in [-0.1, -0.05) is 24.6 Å². The van der Waals surface area contributed by atoms with E-state index in [9.17, 15) is 4.79 Å². The second-order valence-electron chi connectivity index (χ2n) is 8.50. The van der Waals surface area contributed by atoms with Crippen molar-refractivity contribution in [3.63, 3.8) is 0 Å². The Hall–Kier alpha value is -2.25. The van der Waals surface area contributed by atoms with E-state index < -0.39 is 0 Å². The first-order valence-corrected chi connectivity index (χ1v) is 10.6. The fourth-order valence-electron chi connectivity index (χ4n) is 5.19. The van der Waals surface area contributed by atoms with Crippen molar-refractivity contribution in [1.29, 1.82) is 0 Å². The summed E-state index contributed by atoms with van der Waals surface area (Å²) in [7, 11) is 0. The lowest BCUT2D eigenvalue weighted by Crippen LogP contribution is -2.50. The molecule has 2 aliphatic carbocycles. The van der Waals surface area contributed by atoms with Crippen LogP contribution in [0.2, 0.25) is 0 Å². The highest BCUT2D eigenvalue weighted by atomic mass is 35.5. The Morgan fingerprint density at radius 1 is 1.37 bits per heavy atom. The lowest BCUT2D eigenvalue weighted by atomic mass is 9.65. The second kappa shape index (κ2) is 9.71. The summed E-state index contributed by atoms with van der Waals surface area (Å²) in [6, 6.07) is 8.22. The number of nitrogens with two attached hydrogens (primary N) is 1. The van der Waals surface area contributed by atoms with Crippen LogP contribution in [0.1, 0.15) is 50.6 Å². The first-order valence-electron chi connectivity index (χ1n) is 10.6. The van der Waals surface area contributed by atoms with Crippen LogP contribution in [-0.2, 0) is 4.79 Å². The van der Waals surface area contributed by atoms with Crippen molar-refractivity contribution in [2.24, 2.45) is 23.5 Å². The zero-order valence-corrected chi connectivity index (χ0v) is 18.2. The summed E-state index contributed by atoms with van der Waals surface area (Å²) in [5, 5.41) is 11.4. The molecule has 4 rings (SSSR count). The number of aromatic nitrogens is 4. The van der Waals surface area contributed by atoms with Crippen molar-refractivity contribution in [3.05, 3.63) is 48.8 Å². The Morgan fingerprint density at radius 3 is 2.73 bits per heavy atom. The number of rotatable bonds is 6. The lowest BCUT2D eigenvalue weighted by molar-refractivity contribution is -0.140. The zero-order chi connectivity index (χ0) is 20.4. The molecule has 2 fully saturated rings. The highest BCUT2D eigenvalue weighted by Crippen LogP contribution is 2.43. The van der Waals surface area contributed by atoms with Gasteiger partial charge in [-0.15, -0.1) is 24.1 Å². The first kappa shape index (κ1) is 22.4. The van der Waals surface area contributed by atoms with E-state index in [-0.39, 0.29) is 36.3 Å². The van der Waals surface area contributed by atoms with E-state index in [0.29, 0.717) is 18.4 Å². The van der Waals surface area contributed by atoms with Crippen molar-refractivity contribution in [1.82, 2.24) is 25.1 Å². The number of amides is 1. The second-order valence-corrected chi connectivity index (χ2v) is 8.50. The molecule has 8 heteroatoms. The summed E-state index contributed by atoms with van der Waals surface area (Å²) >= 11 is 0. The van der Waals surface area contributed by atoms with Crippen molar-refractivity contribution in [2.45, 2.75) is 51.1 Å². The van der Waals surface area contributed by atoms with E-state index in [2.05, 4.69) is 29.0 Å². The van der Waals surface area contributed by atoms with E-state index in [1.807, 2.05) is 35.2 Å². The molecule has 162 valence electrons. The van der Waals surface area contributed by atoms with Gasteiger partial charge in [-0.05, 0) is 72.6 Å². The Bertz CT molecular complexity index is 843. The molecule has 2 bridgehead atoms. The number of carbonyl (C=O) groups is 1. The van der Waals surface area contributed by atoms with Crippen LogP contribution in [0.15, 0.2) is 43.2 Å². The van der Waals surface area contributed by atoms with Gasteiger partial charge in [0.25, 0.3) is 0 Å². The predicted molar refractivity (Wildman–Crippen MR) is 118 cm³/mol. The Labute approximate surface area is 184 Å². The minimum Gasteiger partial charge on any atom is -0.332 e. The number of carbonyl (C=O) groups excluding carboxylic acids is 1. The molecule has 0 spiro atoms. The summed E-state index contributed by atoms with van der Waals surface area (Å²) in [5.41, 5.74) is 8.37. The van der Waals surface area contributed by atoms with E-state index in [4.69, 9.17) is 5.73 Å². The van der Waals surface area contributed by atoms with Crippen LogP contribution in [0.4, 0.5) is 0 Å². The molecule has 30 heavy (non-hydrogen) atoms. The molecule has 7 nitrogen and oxygen atoms in total. The molecule has 0 radical (unpaired) electrons. The maximum atomic E-state index is 13.6. The third-order valence-corrected chi connectivity index (χ3v) is 6.80. The van der Waals surface area contributed by atoms with Crippen molar-refractivity contribution < 1.29 is 4.79 Å². The fourth-order valence-corrected chi connectivity index (χ4v) is 5.19. The van der Waals surface area contributed by atoms with Gasteiger partial charge in [0.15, 0.2) is 0 Å². The third-order valence-electron chi connectivity index (χ3n) is 6.80. The molecule has 3 atom stereocenters. The van der Waals surface area contributed by atoms with Gasteiger partial charge in [0.2, 0.25) is 5.91 Å². The van der Waals surface area contributed by atoms with Gasteiger partial charge in [0.05, 0.1) is 11.7 Å². The average Bonchev–Trinajstić information content (AvgIpc) is 3.26. The summed E-state index contributed by atoms with van der Waals surface area (Å²) in [4.78, 5) is 15.5. The molecule has 1 amide bonds. The van der Waals surface area contributed by atoms with Gasteiger partial charge >= 0.3 is 0 Å². The molecular formula is C22H31ClN6O. The number of benzene rings is 1. The molecule has 2 aromatic rings. The van der Waals surface area contributed by atoms with Crippen LogP contribution >= 0.6 is 12.4 Å². The monoisotopic (exact) mass is 430 g/mol. The molecule has 2 saturated carbocycles. The van der Waals surface area contributed by atoms with Gasteiger partial charge in [-0.3, -0.25) is 4.79 Å². The van der Waals surface area contributed by atoms with Crippen LogP contribution in [0.5, 0.6) is 0 Å². The van der Waals surface area contributed by atoms with Gasteiger partial charge in [0, 0.05) is 18.5 Å². The number of tetrazole rings is 1. The van der Waals surface area contributed by atoms with Gasteiger partial charge in [-0.2, -0.15) is 0 Å². The maximum absolute atomic E-state index is 13.6. The number of nitrogens with zero attached hydrogens (tertiary/aromatic N) is 5. The summed E-state index contributed by atoms with van der Waals surface area (Å²) in [6.07, 6.45) is 8.79. The van der Waals surface area contributed by atoms with E-state index in [1.54, 1.807) is 11.0 Å². The number of fused-ring (bicyclic) bond motifs is 2. The predicted octanol–water partition coefficient (Wildman–Crippen LogP) is 3.31. The largest absolute Gasteiger partial charge is 0.332 e. The fraction of sp³-hybridized carbons (Fsp3) is 0.545. The van der Waals surface area contributed by atoms with Crippen molar-refractivity contribution in [2.75, 3.05) is 6.54 Å². The summed E-state index contributed by atoms with van der Waals surface area (Å²) < 4.78 is 1.62. The Balaban J connectivity index is 0.00000256. The molecule has 2 aliphatic rings. The molecule has 0 aliphatic heterocycles. The normalized spacial score (nSPS) is 26.3. The molecule has 1 aromatic heterocycles. The van der Waals surface area contributed by atoms with Crippen LogP contribution in [0, 0.1) is 17.8 Å². The third kappa shape index (κ3) is 4.42. The van der Waals surface area contributed by atoms with Crippen molar-refractivity contribution >= 4 is 18.3 Å². The van der Waals surface area contributed by atoms with Crippen LogP contribution in [0.25, 0.3) is 5.69 Å². The summed E-state index contributed by atoms with van der Waals surface area (Å²) in [6.45, 7) is 6.50. The maximum Gasteiger partial charge on any atom is 0.226 e. The SMILES string of the molecule is C=CCN(C(=O)C1CC2CCCC(C1)C2N)C(C)c1cccc(-n2cnnn2)c1.Cl. The van der Waals surface area contributed by atoms with E-state index >= 15 is 0 Å². The minimum absolute atomic E-state index is 0. The molecule has 1 aromatic carbocycles. The standard InChI is InChI=1S/C22H30N6O.ClH/c1-3-10-27(22(29)19-11-17-7-4-8-18(12-19)21(17)23)15(2)16-6-5-9-20(13-16)28-14-24-25-26-28;/h3,5-6,9,13-15,17-19,21H,1,4,7-8,10-12,23H2,2H3;1H. The first-order chi connectivity index (χ1) is 14.1. The average molecular weight is 431 g/mol. The molecular weight excluding hydrogens is 400 g/mol. The van der Waals surface area contributed by atoms with Gasteiger partial charge in [0.1, 0.15) is 6.33 Å². The number of hydrogen-bond donors (Lipinski definition) is 1. The van der Waals surface area contributed by atoms with Gasteiger partial charge in [-0.25, -0.2) is 4.68 Å². The highest BCUT2D eigenvalue weighted by molar-refractivity contribution is 5.85. The minimum atomic E-state index is -0.0626. The van der Waals surface area contributed by atoms with E-state index in [0.717, 1.165) is 36.9 Å². The smallest absolute Gasteiger partial charge is 0.226 e. The van der Waals surface area contributed by atoms with Crippen molar-refractivity contribution in [3.8, 4) is 5.69 Å². The van der Waals surface area contributed by atoms with E-state index in [1.165, 1.54) is 6.42 Å². The topological polar surface area (TPSA) is 89.9 Å². The van der Waals surface area contributed by atoms with Gasteiger partial charge < -0.3 is 10.6 Å². The molecule has 0 saturated heterocycles. The Morgan fingerprint density at radius 2 is 2.10 bits per heavy atom. The molecule has 2 N–H and O–H groups in total. The number of halogens is 1. The Kier molecular flexibility index (Phi) is 7.26. The molecule has 3 unspecified atom stereocenters.